The van der Waals surface area contributed by atoms with Crippen LogP contribution in [0.5, 0.6) is 0 Å². The predicted molar refractivity (Wildman–Crippen MR) is 272 cm³/mol. The third-order valence-corrected chi connectivity index (χ3v) is 14.5. The minimum Gasteiger partial charge on any atom is -0.368 e. The topological polar surface area (TPSA) is 12.0 Å². The maximum atomic E-state index is 3.72. The van der Waals surface area contributed by atoms with Crippen LogP contribution in [-0.4, -0.2) is 0 Å². The third kappa shape index (κ3) is 5.87. The van der Waals surface area contributed by atoms with Gasteiger partial charge in [-0.05, 0) is 145 Å². The van der Waals surface area contributed by atoms with E-state index in [-0.39, 0.29) is 5.37 Å². The van der Waals surface area contributed by atoms with Gasteiger partial charge in [-0.2, -0.15) is 0 Å². The molecule has 63 heavy (non-hydrogen) atoms. The molecule has 0 radical (unpaired) electrons. The number of thioether (sulfide) groups is 1. The van der Waals surface area contributed by atoms with Crippen LogP contribution in [0.1, 0.15) is 10.9 Å². The molecule has 12 aromatic carbocycles. The monoisotopic (exact) mass is 817 g/mol. The number of hydrogen-bond donors (Lipinski definition) is 1. The van der Waals surface area contributed by atoms with Gasteiger partial charge in [0.25, 0.3) is 0 Å². The Kier molecular flexibility index (Phi) is 8.29. The van der Waals surface area contributed by atoms with Crippen LogP contribution in [0.25, 0.3) is 109 Å². The third-order valence-electron chi connectivity index (χ3n) is 13.2. The van der Waals surface area contributed by atoms with Gasteiger partial charge in [-0.15, -0.1) is 0 Å². The summed E-state index contributed by atoms with van der Waals surface area (Å²) in [7, 11) is 0. The molecule has 12 aromatic rings. The molecule has 1 N–H and O–H groups in total. The highest BCUT2D eigenvalue weighted by atomic mass is 32.2. The minimum atomic E-state index is 0.193. The summed E-state index contributed by atoms with van der Waals surface area (Å²) >= 11 is 1.89. The Hall–Kier alpha value is -7.65. The highest BCUT2D eigenvalue weighted by Crippen LogP contribution is 2.50. The van der Waals surface area contributed by atoms with Gasteiger partial charge in [0.1, 0.15) is 5.37 Å². The average molecular weight is 818 g/mol. The smallest absolute Gasteiger partial charge is 0.103 e. The van der Waals surface area contributed by atoms with Crippen LogP contribution in [-0.2, 0) is 0 Å². The molecule has 0 aliphatic carbocycles. The molecular weight excluding hydrogens is 779 g/mol. The second-order valence-corrected chi connectivity index (χ2v) is 17.9. The fourth-order valence-electron chi connectivity index (χ4n) is 10.4. The summed E-state index contributed by atoms with van der Waals surface area (Å²) in [5.74, 6) is 0. The van der Waals surface area contributed by atoms with Crippen LogP contribution in [0.15, 0.2) is 229 Å². The number of benzene rings is 12. The van der Waals surface area contributed by atoms with Crippen LogP contribution in [0.2, 0.25) is 0 Å². The van der Waals surface area contributed by atoms with Crippen molar-refractivity contribution in [1.29, 1.82) is 0 Å². The fourth-order valence-corrected chi connectivity index (χ4v) is 11.5. The van der Waals surface area contributed by atoms with Crippen molar-refractivity contribution in [3.05, 3.63) is 230 Å². The molecule has 0 saturated carbocycles. The van der Waals surface area contributed by atoms with Crippen molar-refractivity contribution >= 4 is 82.1 Å². The lowest BCUT2D eigenvalue weighted by atomic mass is 9.82. The van der Waals surface area contributed by atoms with Crippen molar-refractivity contribution in [3.8, 4) is 44.5 Å². The van der Waals surface area contributed by atoms with Crippen molar-refractivity contribution in [1.82, 2.24) is 0 Å². The highest BCUT2D eigenvalue weighted by Gasteiger charge is 2.24. The van der Waals surface area contributed by atoms with E-state index in [2.05, 4.69) is 230 Å². The predicted octanol–water partition coefficient (Wildman–Crippen LogP) is 17.5. The lowest BCUT2D eigenvalue weighted by molar-refractivity contribution is 1.13. The van der Waals surface area contributed by atoms with E-state index in [1.54, 1.807) is 0 Å². The van der Waals surface area contributed by atoms with E-state index < -0.39 is 0 Å². The summed E-state index contributed by atoms with van der Waals surface area (Å²) in [6, 6.07) is 83.5. The number of rotatable bonds is 5. The SMILES string of the molecule is c1ccc2c(c1)NC(c1ccc(-c3c4ccccc4c(-c4ccc5c(-c6ccc7ccccc7c6)c6ccccc6c(-c6ccc7ccccc7c6)c5c4)c4ccccc34)cc1)S2. The summed E-state index contributed by atoms with van der Waals surface area (Å²) in [6.07, 6.45) is 0. The molecule has 0 aromatic heterocycles. The van der Waals surface area contributed by atoms with Gasteiger partial charge in [-0.3, -0.25) is 0 Å². The molecule has 1 heterocycles. The molecule has 0 bridgehead atoms. The molecule has 2 heteroatoms. The Bertz CT molecular complexity index is 3730. The van der Waals surface area contributed by atoms with Crippen molar-refractivity contribution in [2.24, 2.45) is 0 Å². The standard InChI is InChI=1S/C61H39NS/c1-3-15-42-35-44(31-25-38(42)13-1)58-51-21-9-10-22-52(51)60(45-32-26-39-14-2-4-16-43(39)36-45)54-37-46(33-34-53(54)58)59-49-19-7-5-17-47(49)57(48-18-6-8-20-50(48)59)40-27-29-41(30-28-40)61-62-55-23-11-12-24-56(55)63-61/h1-37,61-62H. The highest BCUT2D eigenvalue weighted by molar-refractivity contribution is 8.00. The molecule has 0 spiro atoms. The maximum absolute atomic E-state index is 3.72. The molecule has 0 fully saturated rings. The first kappa shape index (κ1) is 36.0. The van der Waals surface area contributed by atoms with Crippen LogP contribution < -0.4 is 5.32 Å². The Morgan fingerprint density at radius 3 is 1.19 bits per heavy atom. The minimum absolute atomic E-state index is 0.193. The molecule has 1 unspecified atom stereocenters. The number of hydrogen-bond acceptors (Lipinski definition) is 2. The van der Waals surface area contributed by atoms with Crippen LogP contribution in [0.3, 0.4) is 0 Å². The van der Waals surface area contributed by atoms with E-state index in [4.69, 9.17) is 0 Å². The molecule has 1 atom stereocenters. The van der Waals surface area contributed by atoms with Crippen molar-refractivity contribution < 1.29 is 0 Å². The normalized spacial score (nSPS) is 13.6. The van der Waals surface area contributed by atoms with Gasteiger partial charge < -0.3 is 5.32 Å². The van der Waals surface area contributed by atoms with E-state index >= 15 is 0 Å². The van der Waals surface area contributed by atoms with Crippen molar-refractivity contribution in [2.45, 2.75) is 10.3 Å². The second kappa shape index (κ2) is 14.5. The lowest BCUT2D eigenvalue weighted by Crippen LogP contribution is -2.00. The van der Waals surface area contributed by atoms with E-state index in [9.17, 15) is 0 Å². The summed E-state index contributed by atoms with van der Waals surface area (Å²) in [5.41, 5.74) is 12.4. The maximum Gasteiger partial charge on any atom is 0.103 e. The van der Waals surface area contributed by atoms with E-state index in [1.165, 1.54) is 125 Å². The second-order valence-electron chi connectivity index (χ2n) is 16.8. The Morgan fingerprint density at radius 2 is 0.667 bits per heavy atom. The molecule has 294 valence electrons. The lowest BCUT2D eigenvalue weighted by Gasteiger charge is -2.21. The Labute approximate surface area is 370 Å². The number of nitrogens with one attached hydrogen (secondary N) is 1. The van der Waals surface area contributed by atoms with Crippen LogP contribution >= 0.6 is 11.8 Å². The van der Waals surface area contributed by atoms with Crippen molar-refractivity contribution in [3.63, 3.8) is 0 Å². The van der Waals surface area contributed by atoms with Gasteiger partial charge in [-0.25, -0.2) is 0 Å². The Morgan fingerprint density at radius 1 is 0.286 bits per heavy atom. The van der Waals surface area contributed by atoms with Gasteiger partial charge in [0.05, 0.1) is 0 Å². The van der Waals surface area contributed by atoms with Crippen molar-refractivity contribution in [2.75, 3.05) is 5.32 Å². The van der Waals surface area contributed by atoms with Gasteiger partial charge in [0.15, 0.2) is 0 Å². The zero-order valence-corrected chi connectivity index (χ0v) is 35.2. The van der Waals surface area contributed by atoms with E-state index in [1.807, 2.05) is 11.8 Å². The number of anilines is 1. The summed E-state index contributed by atoms with van der Waals surface area (Å²) in [4.78, 5) is 1.30. The molecule has 0 amide bonds. The van der Waals surface area contributed by atoms with Crippen LogP contribution in [0, 0.1) is 0 Å². The summed E-state index contributed by atoms with van der Waals surface area (Å²) < 4.78 is 0. The fraction of sp³-hybridized carbons (Fsp3) is 0.0164. The zero-order chi connectivity index (χ0) is 41.4. The first-order chi connectivity index (χ1) is 31.2. The molecule has 13 rings (SSSR count). The van der Waals surface area contributed by atoms with Gasteiger partial charge in [0.2, 0.25) is 0 Å². The first-order valence-corrected chi connectivity index (χ1v) is 22.6. The summed E-state index contributed by atoms with van der Waals surface area (Å²) in [5, 5.41) is 18.9. The van der Waals surface area contributed by atoms with Crippen LogP contribution in [0.4, 0.5) is 5.69 Å². The molecule has 1 nitrogen and oxygen atoms in total. The molecule has 1 aliphatic rings. The quantitative estimate of drug-likeness (QED) is 0.174. The molecular formula is C61H39NS. The molecule has 0 saturated heterocycles. The summed E-state index contributed by atoms with van der Waals surface area (Å²) in [6.45, 7) is 0. The largest absolute Gasteiger partial charge is 0.368 e. The average Bonchev–Trinajstić information content (AvgIpc) is 3.79. The number of para-hydroxylation sites is 1. The Balaban J connectivity index is 1.05. The van der Waals surface area contributed by atoms with E-state index in [0.29, 0.717) is 0 Å². The zero-order valence-electron chi connectivity index (χ0n) is 34.3. The van der Waals surface area contributed by atoms with Gasteiger partial charge in [-0.1, -0.05) is 206 Å². The first-order valence-electron chi connectivity index (χ1n) is 21.8. The number of fused-ring (bicyclic) bond motifs is 7. The molecule has 1 aliphatic heterocycles. The van der Waals surface area contributed by atoms with Gasteiger partial charge in [0, 0.05) is 10.6 Å². The van der Waals surface area contributed by atoms with Gasteiger partial charge >= 0.3 is 0 Å². The van der Waals surface area contributed by atoms with E-state index in [0.717, 1.165) is 0 Å².